The molecule has 92 valence electrons. The molecule has 0 spiro atoms. The molecule has 1 heteroatoms. The fourth-order valence-electron chi connectivity index (χ4n) is 3.71. The Morgan fingerprint density at radius 3 is 2.62 bits per heavy atom. The van der Waals surface area contributed by atoms with Gasteiger partial charge in [-0.15, -0.1) is 0 Å². The second kappa shape index (κ2) is 4.18. The lowest BCUT2D eigenvalue weighted by Crippen LogP contribution is -2.32. The third-order valence-electron chi connectivity index (χ3n) is 5.05. The van der Waals surface area contributed by atoms with Gasteiger partial charge in [-0.3, -0.25) is 0 Å². The van der Waals surface area contributed by atoms with Crippen LogP contribution in [0, 0.1) is 23.7 Å². The Morgan fingerprint density at radius 2 is 2.00 bits per heavy atom. The minimum Gasteiger partial charge on any atom is -0.390 e. The molecule has 2 aliphatic carbocycles. The highest BCUT2D eigenvalue weighted by atomic mass is 16.3. The number of hydrogen-bond donors (Lipinski definition) is 1. The molecule has 0 amide bonds. The van der Waals surface area contributed by atoms with Crippen molar-refractivity contribution in [2.75, 3.05) is 0 Å². The Bertz CT molecular complexity index is 284. The first-order chi connectivity index (χ1) is 7.39. The molecular weight excluding hydrogens is 196 g/mol. The molecule has 1 saturated carbocycles. The largest absolute Gasteiger partial charge is 0.390 e. The monoisotopic (exact) mass is 222 g/mol. The molecule has 0 aromatic carbocycles. The van der Waals surface area contributed by atoms with E-state index in [2.05, 4.69) is 19.9 Å². The molecule has 0 aromatic heterocycles. The van der Waals surface area contributed by atoms with Crippen LogP contribution in [0.1, 0.15) is 53.4 Å². The zero-order chi connectivity index (χ0) is 11.9. The quantitative estimate of drug-likeness (QED) is 0.669. The number of allylic oxidation sites excluding steroid dienone is 2. The van der Waals surface area contributed by atoms with Crippen molar-refractivity contribution in [1.82, 2.24) is 0 Å². The van der Waals surface area contributed by atoms with E-state index in [9.17, 15) is 5.11 Å². The van der Waals surface area contributed by atoms with E-state index >= 15 is 0 Å². The first-order valence-corrected chi connectivity index (χ1v) is 6.78. The van der Waals surface area contributed by atoms with Gasteiger partial charge in [0.2, 0.25) is 0 Å². The Hall–Kier alpha value is -0.300. The maximum absolute atomic E-state index is 10.2. The van der Waals surface area contributed by atoms with Crippen LogP contribution in [0.25, 0.3) is 0 Å². The smallest absolute Gasteiger partial charge is 0.0622 e. The van der Waals surface area contributed by atoms with Crippen molar-refractivity contribution in [3.05, 3.63) is 11.6 Å². The van der Waals surface area contributed by atoms with Crippen molar-refractivity contribution in [3.63, 3.8) is 0 Å². The van der Waals surface area contributed by atoms with Gasteiger partial charge in [-0.05, 0) is 70.1 Å². The summed E-state index contributed by atoms with van der Waals surface area (Å²) in [5, 5.41) is 10.2. The van der Waals surface area contributed by atoms with Gasteiger partial charge in [0.1, 0.15) is 0 Å². The molecule has 0 aliphatic heterocycles. The number of aliphatic hydroxyl groups is 1. The molecule has 16 heavy (non-hydrogen) atoms. The number of hydrogen-bond acceptors (Lipinski definition) is 1. The highest BCUT2D eigenvalue weighted by Gasteiger charge is 2.40. The van der Waals surface area contributed by atoms with E-state index in [0.717, 1.165) is 24.2 Å². The molecule has 1 nitrogen and oxygen atoms in total. The first kappa shape index (κ1) is 12.2. The summed E-state index contributed by atoms with van der Waals surface area (Å²) in [5.74, 6) is 2.91. The summed E-state index contributed by atoms with van der Waals surface area (Å²) < 4.78 is 0. The van der Waals surface area contributed by atoms with Gasteiger partial charge in [-0.2, -0.15) is 0 Å². The predicted molar refractivity (Wildman–Crippen MR) is 68.2 cm³/mol. The summed E-state index contributed by atoms with van der Waals surface area (Å²) in [6.45, 7) is 8.63. The zero-order valence-electron chi connectivity index (χ0n) is 11.2. The normalized spacial score (nSPS) is 40.2. The molecule has 0 bridgehead atoms. The highest BCUT2D eigenvalue weighted by Crippen LogP contribution is 2.48. The van der Waals surface area contributed by atoms with E-state index in [4.69, 9.17) is 0 Å². The minimum absolute atomic E-state index is 0.443. The van der Waals surface area contributed by atoms with E-state index in [-0.39, 0.29) is 0 Å². The Balaban J connectivity index is 2.20. The fourth-order valence-corrected chi connectivity index (χ4v) is 3.71. The number of fused-ring (bicyclic) bond motifs is 1. The van der Waals surface area contributed by atoms with Crippen molar-refractivity contribution in [3.8, 4) is 0 Å². The summed E-state index contributed by atoms with van der Waals surface area (Å²) in [5.41, 5.74) is 1.06. The maximum atomic E-state index is 10.2. The average molecular weight is 222 g/mol. The van der Waals surface area contributed by atoms with E-state index in [1.54, 1.807) is 5.57 Å². The van der Waals surface area contributed by atoms with Crippen LogP contribution in [-0.2, 0) is 0 Å². The Kier molecular flexibility index (Phi) is 3.18. The summed E-state index contributed by atoms with van der Waals surface area (Å²) >= 11 is 0. The van der Waals surface area contributed by atoms with Crippen LogP contribution in [-0.4, -0.2) is 10.7 Å². The Morgan fingerprint density at radius 1 is 1.31 bits per heavy atom. The van der Waals surface area contributed by atoms with Crippen molar-refractivity contribution in [1.29, 1.82) is 0 Å². The third kappa shape index (κ3) is 2.20. The van der Waals surface area contributed by atoms with Gasteiger partial charge < -0.3 is 5.11 Å². The summed E-state index contributed by atoms with van der Waals surface area (Å²) in [6.07, 6.45) is 7.41. The third-order valence-corrected chi connectivity index (χ3v) is 5.05. The first-order valence-electron chi connectivity index (χ1n) is 6.78. The molecule has 0 aromatic rings. The standard InChI is InChI=1S/C15H26O/c1-10-5-7-12(15(3,4)16)9-14-11(2)6-8-13(10)14/h5,11-14,16H,6-9H2,1-4H3/t11-,12+,13-,14-/m0/s1. The van der Waals surface area contributed by atoms with Gasteiger partial charge in [0, 0.05) is 0 Å². The molecular formula is C15H26O. The Labute approximate surface area is 99.9 Å². The van der Waals surface area contributed by atoms with Crippen LogP contribution in [0.3, 0.4) is 0 Å². The van der Waals surface area contributed by atoms with Gasteiger partial charge >= 0.3 is 0 Å². The van der Waals surface area contributed by atoms with Gasteiger partial charge in [0.25, 0.3) is 0 Å². The molecule has 0 unspecified atom stereocenters. The van der Waals surface area contributed by atoms with Crippen LogP contribution < -0.4 is 0 Å². The molecule has 0 heterocycles. The van der Waals surface area contributed by atoms with Crippen molar-refractivity contribution in [2.24, 2.45) is 23.7 Å². The van der Waals surface area contributed by atoms with E-state index in [1.165, 1.54) is 19.3 Å². The van der Waals surface area contributed by atoms with Gasteiger partial charge in [-0.25, -0.2) is 0 Å². The van der Waals surface area contributed by atoms with Crippen LogP contribution >= 0.6 is 0 Å². The predicted octanol–water partition coefficient (Wildman–Crippen LogP) is 3.78. The highest BCUT2D eigenvalue weighted by molar-refractivity contribution is 5.12. The lowest BCUT2D eigenvalue weighted by Gasteiger charge is -2.32. The molecule has 2 rings (SSSR count). The van der Waals surface area contributed by atoms with Crippen LogP contribution in [0.4, 0.5) is 0 Å². The van der Waals surface area contributed by atoms with Gasteiger partial charge in [0.15, 0.2) is 0 Å². The molecule has 0 saturated heterocycles. The summed E-state index contributed by atoms with van der Waals surface area (Å²) in [6, 6.07) is 0. The summed E-state index contributed by atoms with van der Waals surface area (Å²) in [4.78, 5) is 0. The molecule has 0 radical (unpaired) electrons. The lowest BCUT2D eigenvalue weighted by atomic mass is 9.77. The minimum atomic E-state index is -0.520. The molecule has 1 fully saturated rings. The van der Waals surface area contributed by atoms with E-state index in [1.807, 2.05) is 13.8 Å². The second-order valence-corrected chi connectivity index (χ2v) is 6.60. The number of rotatable bonds is 1. The van der Waals surface area contributed by atoms with Crippen molar-refractivity contribution < 1.29 is 5.11 Å². The molecule has 2 aliphatic rings. The van der Waals surface area contributed by atoms with E-state index < -0.39 is 5.60 Å². The summed E-state index contributed by atoms with van der Waals surface area (Å²) in [7, 11) is 0. The average Bonchev–Trinajstić information content (AvgIpc) is 2.42. The topological polar surface area (TPSA) is 20.2 Å². The zero-order valence-corrected chi connectivity index (χ0v) is 11.2. The fraction of sp³-hybridized carbons (Fsp3) is 0.867. The maximum Gasteiger partial charge on any atom is 0.0622 e. The SMILES string of the molecule is CC1=CC[C@@H](C(C)(C)O)C[C@H]2[C@@H](C)CC[C@@H]12. The van der Waals surface area contributed by atoms with Crippen LogP contribution in [0.5, 0.6) is 0 Å². The van der Waals surface area contributed by atoms with Crippen molar-refractivity contribution >= 4 is 0 Å². The van der Waals surface area contributed by atoms with Crippen LogP contribution in [0.2, 0.25) is 0 Å². The van der Waals surface area contributed by atoms with Crippen LogP contribution in [0.15, 0.2) is 11.6 Å². The van der Waals surface area contributed by atoms with Gasteiger partial charge in [-0.1, -0.05) is 18.6 Å². The molecule has 4 atom stereocenters. The second-order valence-electron chi connectivity index (χ2n) is 6.60. The van der Waals surface area contributed by atoms with E-state index in [0.29, 0.717) is 5.92 Å². The van der Waals surface area contributed by atoms with Crippen molar-refractivity contribution in [2.45, 2.75) is 59.0 Å². The lowest BCUT2D eigenvalue weighted by molar-refractivity contribution is 0.00477. The molecule has 1 N–H and O–H groups in total. The van der Waals surface area contributed by atoms with Gasteiger partial charge in [0.05, 0.1) is 5.60 Å².